The number of hydrogen-bond acceptors (Lipinski definition) is 6. The molecule has 0 aliphatic carbocycles. The Hall–Kier alpha value is -5.53. The van der Waals surface area contributed by atoms with Crippen LogP contribution >= 0.6 is 17.2 Å². The van der Waals surface area contributed by atoms with Crippen LogP contribution in [0.4, 0.5) is 0 Å². The fourth-order valence-corrected chi connectivity index (χ4v) is 5.50. The maximum absolute atomic E-state index is 7.50. The summed E-state index contributed by atoms with van der Waals surface area (Å²) in [7, 11) is -3.18. The monoisotopic (exact) mass is 784 g/mol. The third-order valence-electron chi connectivity index (χ3n) is 5.54. The predicted octanol–water partition coefficient (Wildman–Crippen LogP) is 10.7. The van der Waals surface area contributed by atoms with Crippen LogP contribution in [0.5, 0.6) is 34.5 Å². The Bertz CT molecular complexity index is 1460. The molecule has 13 heteroatoms. The molecule has 6 aromatic carbocycles. The number of para-hydroxylation sites is 6. The summed E-state index contributed by atoms with van der Waals surface area (Å²) >= 11 is 0. The van der Waals surface area contributed by atoms with Gasteiger partial charge in [-0.25, -0.2) is 0 Å². The van der Waals surface area contributed by atoms with E-state index in [1.807, 2.05) is 182 Å². The van der Waals surface area contributed by atoms with Crippen molar-refractivity contribution < 1.29 is 63.1 Å². The topological polar surface area (TPSA) is 135 Å². The van der Waals surface area contributed by atoms with Crippen LogP contribution in [0.25, 0.3) is 0 Å². The van der Waals surface area contributed by atoms with E-state index in [1.165, 1.54) is 0 Å². The van der Waals surface area contributed by atoms with Gasteiger partial charge in [-0.15, -0.1) is 0 Å². The number of benzene rings is 6. The van der Waals surface area contributed by atoms with Crippen LogP contribution < -0.4 is 27.1 Å². The van der Waals surface area contributed by atoms with Crippen LogP contribution in [0.2, 0.25) is 0 Å². The standard InChI is InChI=1S/2C18H15O3P.4CO.Cr/c2*1-4-10-16(11-5-1)19-22(20-17-12-6-2-7-13-17)21-18-14-8-3-9-15-18;4*1-2;/h2*1-15H;;;;;. The first kappa shape index (κ1) is 47.5. The van der Waals surface area contributed by atoms with Crippen molar-refractivity contribution in [3.63, 3.8) is 0 Å². The second-order valence-electron chi connectivity index (χ2n) is 8.87. The van der Waals surface area contributed by atoms with E-state index in [2.05, 4.69) is 26.6 Å². The molecular weight excluding hydrogens is 754 g/mol. The molecule has 0 fully saturated rings. The molecular formula is C40H30CrO10P2. The van der Waals surface area contributed by atoms with Gasteiger partial charge in [0.05, 0.1) is 0 Å². The van der Waals surface area contributed by atoms with E-state index >= 15 is 0 Å². The van der Waals surface area contributed by atoms with Crippen LogP contribution in [0.3, 0.4) is 0 Å². The minimum atomic E-state index is -1.59. The van der Waals surface area contributed by atoms with Crippen molar-refractivity contribution in [3.05, 3.63) is 209 Å². The van der Waals surface area contributed by atoms with E-state index in [0.717, 1.165) is 0 Å². The average molecular weight is 785 g/mol. The Morgan fingerprint density at radius 3 is 0.472 bits per heavy atom. The van der Waals surface area contributed by atoms with Crippen molar-refractivity contribution >= 4 is 17.2 Å². The van der Waals surface area contributed by atoms with Gasteiger partial charge in [0.2, 0.25) is 0 Å². The van der Waals surface area contributed by atoms with Gasteiger partial charge >= 0.3 is 62.4 Å². The zero-order chi connectivity index (χ0) is 38.1. The van der Waals surface area contributed by atoms with E-state index in [4.69, 9.17) is 45.8 Å². The molecule has 0 aliphatic rings. The zero-order valence-corrected chi connectivity index (χ0v) is 30.8. The second kappa shape index (κ2) is 32.4. The molecule has 0 amide bonds. The molecule has 0 spiro atoms. The molecule has 0 aliphatic heterocycles. The second-order valence-corrected chi connectivity index (χ2v) is 10.9. The summed E-state index contributed by atoms with van der Waals surface area (Å²) in [5, 5.41) is 0. The Morgan fingerprint density at radius 1 is 0.245 bits per heavy atom. The Morgan fingerprint density at radius 2 is 0.358 bits per heavy atom. The van der Waals surface area contributed by atoms with Crippen LogP contribution in [-0.4, -0.2) is 0 Å². The fraction of sp³-hybridized carbons (Fsp3) is 0. The SMILES string of the molecule is [C-]#[O+].[C-]#[O+].[C-]#[O+].[C-]#[O+].[Cr].c1ccc(OP(Oc2ccccc2)Oc2ccccc2)cc1.c1ccc(OP(Oc2ccccc2)Oc2ccccc2)cc1. The molecule has 0 aromatic heterocycles. The number of rotatable bonds is 12. The van der Waals surface area contributed by atoms with Crippen LogP contribution in [0, 0.1) is 26.6 Å². The van der Waals surface area contributed by atoms with E-state index in [0.29, 0.717) is 34.5 Å². The van der Waals surface area contributed by atoms with Gasteiger partial charge in [0.25, 0.3) is 0 Å². The molecule has 10 nitrogen and oxygen atoms in total. The van der Waals surface area contributed by atoms with Gasteiger partial charge in [-0.2, -0.15) is 0 Å². The molecule has 0 saturated heterocycles. The minimum absolute atomic E-state index is 0. The third kappa shape index (κ3) is 20.8. The van der Waals surface area contributed by atoms with Gasteiger partial charge < -0.3 is 27.1 Å². The predicted molar refractivity (Wildman–Crippen MR) is 192 cm³/mol. The summed E-state index contributed by atoms with van der Waals surface area (Å²) in [4.78, 5) is 0. The summed E-state index contributed by atoms with van der Waals surface area (Å²) in [6, 6.07) is 57.0. The van der Waals surface area contributed by atoms with Crippen LogP contribution in [0.1, 0.15) is 0 Å². The molecule has 0 radical (unpaired) electrons. The third-order valence-corrected chi connectivity index (χ3v) is 7.70. The quantitative estimate of drug-likeness (QED) is 0.0689. The van der Waals surface area contributed by atoms with Crippen molar-refractivity contribution in [1.82, 2.24) is 0 Å². The molecule has 0 N–H and O–H groups in total. The summed E-state index contributed by atoms with van der Waals surface area (Å²) in [5.41, 5.74) is 0. The summed E-state index contributed by atoms with van der Waals surface area (Å²) in [6.45, 7) is 18.0. The minimum Gasteiger partial charge on any atom is -0.409 e. The first-order valence-electron chi connectivity index (χ1n) is 14.6. The maximum atomic E-state index is 7.50. The summed E-state index contributed by atoms with van der Waals surface area (Å²) < 4.78 is 65.1. The van der Waals surface area contributed by atoms with E-state index in [1.54, 1.807) is 0 Å². The van der Waals surface area contributed by atoms with Crippen LogP contribution in [-0.2, 0) is 36.0 Å². The molecule has 0 saturated carbocycles. The molecule has 0 atom stereocenters. The van der Waals surface area contributed by atoms with Gasteiger partial charge in [-0.1, -0.05) is 109 Å². The molecule has 0 heterocycles. The first-order valence-corrected chi connectivity index (χ1v) is 16.8. The largest absolute Gasteiger partial charge is 0.530 e. The van der Waals surface area contributed by atoms with Crippen LogP contribution in [0.15, 0.2) is 182 Å². The molecule has 53 heavy (non-hydrogen) atoms. The smallest absolute Gasteiger partial charge is 0.409 e. The Kier molecular flexibility index (Phi) is 29.0. The maximum Gasteiger partial charge on any atom is 0.530 e. The van der Waals surface area contributed by atoms with E-state index < -0.39 is 17.2 Å². The van der Waals surface area contributed by atoms with Crippen molar-refractivity contribution in [2.45, 2.75) is 0 Å². The molecule has 266 valence electrons. The number of hydrogen-bond donors (Lipinski definition) is 0. The van der Waals surface area contributed by atoms with Crippen molar-refractivity contribution in [1.29, 1.82) is 0 Å². The zero-order valence-electron chi connectivity index (χ0n) is 27.7. The van der Waals surface area contributed by atoms with Gasteiger partial charge in [0.15, 0.2) is 0 Å². The van der Waals surface area contributed by atoms with Gasteiger partial charge in [-0.3, -0.25) is 0 Å². The van der Waals surface area contributed by atoms with Gasteiger partial charge in [0.1, 0.15) is 34.5 Å². The van der Waals surface area contributed by atoms with E-state index in [-0.39, 0.29) is 17.4 Å². The summed E-state index contributed by atoms with van der Waals surface area (Å²) in [5.74, 6) is 4.25. The Balaban J connectivity index is 0.000000846. The summed E-state index contributed by atoms with van der Waals surface area (Å²) in [6.07, 6.45) is 0. The van der Waals surface area contributed by atoms with Crippen molar-refractivity contribution in [2.75, 3.05) is 0 Å². The fourth-order valence-electron chi connectivity index (χ4n) is 3.52. The van der Waals surface area contributed by atoms with Crippen molar-refractivity contribution in [3.8, 4) is 34.5 Å². The molecule has 0 unspecified atom stereocenters. The molecule has 0 bridgehead atoms. The van der Waals surface area contributed by atoms with Gasteiger partial charge in [0, 0.05) is 17.4 Å². The van der Waals surface area contributed by atoms with Crippen molar-refractivity contribution in [2.24, 2.45) is 0 Å². The average Bonchev–Trinajstić information content (AvgIpc) is 3.23. The normalized spacial score (nSPS) is 8.64. The van der Waals surface area contributed by atoms with E-state index in [9.17, 15) is 0 Å². The molecule has 6 rings (SSSR count). The Labute approximate surface area is 322 Å². The molecule has 6 aromatic rings. The van der Waals surface area contributed by atoms with Gasteiger partial charge in [-0.05, 0) is 72.8 Å². The first-order chi connectivity index (χ1) is 25.8.